The maximum Gasteiger partial charge on any atom is 0.0397 e. The molecule has 0 amide bonds. The Morgan fingerprint density at radius 2 is 1.59 bits per heavy atom. The summed E-state index contributed by atoms with van der Waals surface area (Å²) in [7, 11) is 1.50. The maximum atomic E-state index is 5.84. The molecule has 0 atom stereocenters. The van der Waals surface area contributed by atoms with Gasteiger partial charge in [-0.3, -0.25) is 4.98 Å². The van der Waals surface area contributed by atoms with E-state index in [0.29, 0.717) is 6.04 Å². The molecule has 0 aromatic carbocycles. The van der Waals surface area contributed by atoms with Crippen molar-refractivity contribution in [1.29, 1.82) is 0 Å². The summed E-state index contributed by atoms with van der Waals surface area (Å²) in [5.74, 6) is 0. The first kappa shape index (κ1) is 15.9. The Balaban J connectivity index is 0.000000581. The molecule has 1 aromatic rings. The van der Waals surface area contributed by atoms with Crippen LogP contribution in [0.5, 0.6) is 0 Å². The third kappa shape index (κ3) is 5.65. The first-order valence-corrected chi connectivity index (χ1v) is 6.34. The Morgan fingerprint density at radius 3 is 2.06 bits per heavy atom. The second kappa shape index (κ2) is 10.1. The number of nitrogens with two attached hydrogens (primary N) is 2. The van der Waals surface area contributed by atoms with Crippen LogP contribution < -0.4 is 16.4 Å². The third-order valence-electron chi connectivity index (χ3n) is 2.57. The smallest absolute Gasteiger partial charge is 0.0397 e. The number of nitrogens with zero attached hydrogens (tertiary/aromatic N) is 2. The topological polar surface area (TPSA) is 68.2 Å². The number of hydrogen-bond acceptors (Lipinski definition) is 4. The highest BCUT2D eigenvalue weighted by Crippen LogP contribution is 2.17. The lowest BCUT2D eigenvalue weighted by atomic mass is 10.1. The molecule has 0 spiro atoms. The molecule has 4 heteroatoms. The average Bonchev–Trinajstić information content (AvgIpc) is 2.45. The molecule has 1 fully saturated rings. The van der Waals surface area contributed by atoms with E-state index in [0.717, 1.165) is 25.9 Å². The summed E-state index contributed by atoms with van der Waals surface area (Å²) in [5.41, 5.74) is 11.6. The van der Waals surface area contributed by atoms with Crippen LogP contribution in [0.1, 0.15) is 26.7 Å². The van der Waals surface area contributed by atoms with E-state index in [1.807, 2.05) is 26.2 Å². The van der Waals surface area contributed by atoms with Crippen molar-refractivity contribution in [2.24, 2.45) is 11.5 Å². The highest BCUT2D eigenvalue weighted by molar-refractivity contribution is 5.44. The van der Waals surface area contributed by atoms with E-state index in [9.17, 15) is 0 Å². The molecule has 2 rings (SSSR count). The summed E-state index contributed by atoms with van der Waals surface area (Å²) in [5, 5.41) is 0. The van der Waals surface area contributed by atoms with Gasteiger partial charge in [-0.25, -0.2) is 0 Å². The summed E-state index contributed by atoms with van der Waals surface area (Å²) in [4.78, 5) is 6.37. The lowest BCUT2D eigenvalue weighted by Gasteiger charge is -2.31. The first-order chi connectivity index (χ1) is 8.36. The Morgan fingerprint density at radius 1 is 1.12 bits per heavy atom. The van der Waals surface area contributed by atoms with Crippen molar-refractivity contribution in [3.8, 4) is 0 Å². The largest absolute Gasteiger partial charge is 0.371 e. The van der Waals surface area contributed by atoms with Crippen LogP contribution in [-0.2, 0) is 0 Å². The molecule has 0 aliphatic carbocycles. The van der Waals surface area contributed by atoms with Gasteiger partial charge in [-0.1, -0.05) is 13.8 Å². The number of piperidine rings is 1. The van der Waals surface area contributed by atoms with E-state index in [1.54, 1.807) is 0 Å². The van der Waals surface area contributed by atoms with Crippen LogP contribution in [-0.4, -0.2) is 31.2 Å². The maximum absolute atomic E-state index is 5.84. The Kier molecular flexibility index (Phi) is 9.38. The standard InChI is InChI=1S/C10H15N3.C2H6.CH5N/c11-9-3-7-13(8-4-9)10-1-5-12-6-2-10;2*1-2/h1-2,5-6,9H,3-4,7-8,11H2;1-2H3;2H2,1H3. The fourth-order valence-electron chi connectivity index (χ4n) is 1.71. The lowest BCUT2D eigenvalue weighted by Crippen LogP contribution is -2.39. The highest BCUT2D eigenvalue weighted by atomic mass is 15.1. The van der Waals surface area contributed by atoms with Gasteiger partial charge in [0.05, 0.1) is 0 Å². The van der Waals surface area contributed by atoms with Gasteiger partial charge in [-0.15, -0.1) is 0 Å². The Labute approximate surface area is 105 Å². The molecule has 0 saturated carbocycles. The number of rotatable bonds is 1. The van der Waals surface area contributed by atoms with Gasteiger partial charge in [0, 0.05) is 37.2 Å². The molecule has 1 aromatic heterocycles. The number of hydrogen-bond donors (Lipinski definition) is 2. The molecule has 0 unspecified atom stereocenters. The van der Waals surface area contributed by atoms with Crippen molar-refractivity contribution in [1.82, 2.24) is 4.98 Å². The molecule has 1 aliphatic heterocycles. The number of aromatic nitrogens is 1. The fraction of sp³-hybridized carbons (Fsp3) is 0.615. The van der Waals surface area contributed by atoms with Crippen LogP contribution in [0.25, 0.3) is 0 Å². The molecule has 4 nitrogen and oxygen atoms in total. The van der Waals surface area contributed by atoms with E-state index in [-0.39, 0.29) is 0 Å². The molecule has 1 aliphatic rings. The Bertz CT molecular complexity index is 255. The van der Waals surface area contributed by atoms with E-state index in [4.69, 9.17) is 5.73 Å². The summed E-state index contributed by atoms with van der Waals surface area (Å²) >= 11 is 0. The SMILES string of the molecule is CC.CN.NC1CCN(c2ccncc2)CC1. The summed E-state index contributed by atoms with van der Waals surface area (Å²) in [6.07, 6.45) is 5.87. The van der Waals surface area contributed by atoms with Gasteiger partial charge in [-0.05, 0) is 32.0 Å². The van der Waals surface area contributed by atoms with Crippen molar-refractivity contribution in [3.63, 3.8) is 0 Å². The molecule has 1 saturated heterocycles. The van der Waals surface area contributed by atoms with Crippen LogP contribution >= 0.6 is 0 Å². The molecule has 17 heavy (non-hydrogen) atoms. The van der Waals surface area contributed by atoms with Gasteiger partial charge in [-0.2, -0.15) is 0 Å². The van der Waals surface area contributed by atoms with Gasteiger partial charge in [0.1, 0.15) is 0 Å². The van der Waals surface area contributed by atoms with E-state index in [2.05, 4.69) is 27.8 Å². The summed E-state index contributed by atoms with van der Waals surface area (Å²) in [6.45, 7) is 6.15. The van der Waals surface area contributed by atoms with E-state index >= 15 is 0 Å². The number of pyridine rings is 1. The van der Waals surface area contributed by atoms with Gasteiger partial charge < -0.3 is 16.4 Å². The van der Waals surface area contributed by atoms with Gasteiger partial charge in [0.15, 0.2) is 0 Å². The van der Waals surface area contributed by atoms with Crippen LogP contribution in [0.15, 0.2) is 24.5 Å². The zero-order valence-electron chi connectivity index (χ0n) is 11.3. The minimum absolute atomic E-state index is 0.401. The molecule has 4 N–H and O–H groups in total. The lowest BCUT2D eigenvalue weighted by molar-refractivity contribution is 0.501. The van der Waals surface area contributed by atoms with Crippen molar-refractivity contribution in [2.75, 3.05) is 25.0 Å². The quantitative estimate of drug-likeness (QED) is 0.780. The van der Waals surface area contributed by atoms with Crippen LogP contribution in [0.3, 0.4) is 0 Å². The van der Waals surface area contributed by atoms with Crippen LogP contribution in [0.4, 0.5) is 5.69 Å². The third-order valence-corrected chi connectivity index (χ3v) is 2.57. The van der Waals surface area contributed by atoms with Crippen molar-refractivity contribution >= 4 is 5.69 Å². The second-order valence-electron chi connectivity index (χ2n) is 3.53. The zero-order valence-corrected chi connectivity index (χ0v) is 11.3. The van der Waals surface area contributed by atoms with E-state index < -0.39 is 0 Å². The molecular formula is C13H26N4. The van der Waals surface area contributed by atoms with Crippen molar-refractivity contribution in [2.45, 2.75) is 32.7 Å². The predicted molar refractivity (Wildman–Crippen MR) is 75.1 cm³/mol. The minimum Gasteiger partial charge on any atom is -0.371 e. The van der Waals surface area contributed by atoms with Crippen molar-refractivity contribution in [3.05, 3.63) is 24.5 Å². The molecular weight excluding hydrogens is 212 g/mol. The van der Waals surface area contributed by atoms with Crippen molar-refractivity contribution < 1.29 is 0 Å². The molecule has 98 valence electrons. The van der Waals surface area contributed by atoms with Gasteiger partial charge in [0.25, 0.3) is 0 Å². The molecule has 0 bridgehead atoms. The highest BCUT2D eigenvalue weighted by Gasteiger charge is 2.15. The minimum atomic E-state index is 0.401. The van der Waals surface area contributed by atoms with Crippen LogP contribution in [0, 0.1) is 0 Å². The van der Waals surface area contributed by atoms with Crippen LogP contribution in [0.2, 0.25) is 0 Å². The summed E-state index contributed by atoms with van der Waals surface area (Å²) in [6, 6.07) is 4.51. The zero-order chi connectivity index (χ0) is 13.1. The molecule has 0 radical (unpaired) electrons. The predicted octanol–water partition coefficient (Wildman–Crippen LogP) is 1.61. The monoisotopic (exact) mass is 238 g/mol. The average molecular weight is 238 g/mol. The Hall–Kier alpha value is -1.13. The summed E-state index contributed by atoms with van der Waals surface area (Å²) < 4.78 is 0. The second-order valence-corrected chi connectivity index (χ2v) is 3.53. The number of anilines is 1. The van der Waals surface area contributed by atoms with E-state index in [1.165, 1.54) is 12.7 Å². The first-order valence-electron chi connectivity index (χ1n) is 6.34. The van der Waals surface area contributed by atoms with Gasteiger partial charge in [0.2, 0.25) is 0 Å². The molecule has 2 heterocycles. The van der Waals surface area contributed by atoms with Gasteiger partial charge >= 0.3 is 0 Å². The normalized spacial score (nSPS) is 15.2. The fourth-order valence-corrected chi connectivity index (χ4v) is 1.71.